The lowest BCUT2D eigenvalue weighted by Gasteiger charge is -1.98. The minimum absolute atomic E-state index is 0.446. The molecule has 0 saturated carbocycles. The van der Waals surface area contributed by atoms with E-state index in [0.29, 0.717) is 12.5 Å². The fraction of sp³-hybridized carbons (Fsp3) is 1.00. The quantitative estimate of drug-likeness (QED) is 0.390. The Morgan fingerprint density at radius 1 is 1.45 bits per heavy atom. The predicted octanol–water partition coefficient (Wildman–Crippen LogP) is 1.87. The maximum absolute atomic E-state index is 9.31. The molecule has 0 aliphatic carbocycles. The number of hydrogen-bond donors (Lipinski definition) is 1. The third-order valence-corrected chi connectivity index (χ3v) is 0.839. The average molecular weight is 164 g/mol. The average Bonchev–Trinajstić information content (AvgIpc) is 1.89. The van der Waals surface area contributed by atoms with Crippen LogP contribution in [0.15, 0.2) is 10.7 Å². The minimum Gasteiger partial charge on any atom is -0.379 e. The van der Waals surface area contributed by atoms with Crippen LogP contribution >= 0.6 is 0 Å². The summed E-state index contributed by atoms with van der Waals surface area (Å²) < 4.78 is 0. The Kier molecular flexibility index (Phi) is 13.1. The van der Waals surface area contributed by atoms with Crippen LogP contribution in [0.1, 0.15) is 20.3 Å². The van der Waals surface area contributed by atoms with Crippen molar-refractivity contribution in [1.29, 1.82) is 0 Å². The summed E-state index contributed by atoms with van der Waals surface area (Å²) in [5, 5.41) is 10.1. The van der Waals surface area contributed by atoms with Crippen molar-refractivity contribution in [3.63, 3.8) is 0 Å². The largest absolute Gasteiger partial charge is 0.379 e. The van der Waals surface area contributed by atoms with Gasteiger partial charge in [-0.25, -0.2) is 0 Å². The van der Waals surface area contributed by atoms with E-state index in [1.807, 2.05) is 0 Å². The smallest absolute Gasteiger partial charge is 0.155 e. The van der Waals surface area contributed by atoms with Crippen LogP contribution in [-0.4, -0.2) is 11.8 Å². The summed E-state index contributed by atoms with van der Waals surface area (Å²) in [5.74, 6) is 0.580. The molecule has 0 bridgehead atoms. The molecule has 0 amide bonds. The molecule has 0 aromatic heterocycles. The van der Waals surface area contributed by atoms with Crippen molar-refractivity contribution < 1.29 is 10.0 Å². The molecule has 1 N–H and O–H groups in total. The van der Waals surface area contributed by atoms with Crippen LogP contribution in [0.4, 0.5) is 0 Å². The van der Waals surface area contributed by atoms with Crippen LogP contribution in [0, 0.1) is 15.7 Å². The van der Waals surface area contributed by atoms with Crippen LogP contribution in [0.5, 0.6) is 0 Å². The molecule has 0 radical (unpaired) electrons. The molecule has 0 saturated heterocycles. The van der Waals surface area contributed by atoms with Gasteiger partial charge in [-0.3, -0.25) is 0 Å². The zero-order chi connectivity index (χ0) is 9.11. The second-order valence-corrected chi connectivity index (χ2v) is 2.17. The van der Waals surface area contributed by atoms with Gasteiger partial charge < -0.3 is 10.0 Å². The lowest BCUT2D eigenvalue weighted by atomic mass is 10.1. The lowest BCUT2D eigenvalue weighted by Crippen LogP contribution is -1.93. The Morgan fingerprint density at radius 3 is 2.18 bits per heavy atom. The van der Waals surface area contributed by atoms with Gasteiger partial charge in [-0.2, -0.15) is 0 Å². The standard InChI is InChI=1S/C5H11NO2.HNO2/c1-5(2)3-4-8-6-7;2-1-3/h5H,3-4H2,1-2H3;(H,2,3). The van der Waals surface area contributed by atoms with Crippen LogP contribution in [0.25, 0.3) is 0 Å². The van der Waals surface area contributed by atoms with Gasteiger partial charge in [0.05, 0.1) is 0 Å². The normalized spacial score (nSPS) is 7.91. The highest BCUT2D eigenvalue weighted by atomic mass is 16.7. The second kappa shape index (κ2) is 11.6. The number of hydrogen-bond acceptors (Lipinski definition) is 5. The van der Waals surface area contributed by atoms with Crippen molar-refractivity contribution >= 4 is 0 Å². The first kappa shape index (κ1) is 12.5. The van der Waals surface area contributed by atoms with E-state index in [1.54, 1.807) is 0 Å². The van der Waals surface area contributed by atoms with Gasteiger partial charge in [-0.05, 0) is 12.3 Å². The number of rotatable bonds is 4. The van der Waals surface area contributed by atoms with E-state index in [9.17, 15) is 4.91 Å². The summed E-state index contributed by atoms with van der Waals surface area (Å²) in [7, 11) is 0. The molecule has 0 unspecified atom stereocenters. The van der Waals surface area contributed by atoms with Crippen molar-refractivity contribution in [2.45, 2.75) is 20.3 Å². The number of nitrogens with zero attached hydrogens (tertiary/aromatic N) is 2. The van der Waals surface area contributed by atoms with Crippen LogP contribution in [0.2, 0.25) is 0 Å². The Hall–Kier alpha value is -1.20. The van der Waals surface area contributed by atoms with Gasteiger partial charge in [0.15, 0.2) is 10.7 Å². The monoisotopic (exact) mass is 164 g/mol. The molecule has 0 aliphatic rings. The molecule has 11 heavy (non-hydrogen) atoms. The molecule has 6 nitrogen and oxygen atoms in total. The molecular formula is C5H12N2O4. The topological polar surface area (TPSA) is 88.3 Å². The summed E-state index contributed by atoms with van der Waals surface area (Å²) in [6, 6.07) is 0. The van der Waals surface area contributed by atoms with Gasteiger partial charge in [0.25, 0.3) is 0 Å². The fourth-order valence-electron chi connectivity index (χ4n) is 0.326. The zero-order valence-electron chi connectivity index (χ0n) is 6.56. The van der Waals surface area contributed by atoms with Gasteiger partial charge >= 0.3 is 0 Å². The SMILES string of the molecule is CC(C)CCON=O.O=NO. The first-order valence-electron chi connectivity index (χ1n) is 3.10. The van der Waals surface area contributed by atoms with E-state index in [-0.39, 0.29) is 0 Å². The molecule has 0 aliphatic heterocycles. The van der Waals surface area contributed by atoms with E-state index >= 15 is 0 Å². The maximum atomic E-state index is 9.31. The Morgan fingerprint density at radius 2 is 1.91 bits per heavy atom. The molecule has 6 heteroatoms. The Balaban J connectivity index is 0. The Bertz CT molecular complexity index is 96.5. The lowest BCUT2D eigenvalue weighted by molar-refractivity contribution is 0.128. The van der Waals surface area contributed by atoms with E-state index in [2.05, 4.69) is 24.0 Å². The molecular weight excluding hydrogens is 152 g/mol. The molecule has 0 spiro atoms. The first-order chi connectivity index (χ1) is 5.18. The third kappa shape index (κ3) is 28.2. The highest BCUT2D eigenvalue weighted by Gasteiger charge is 1.91. The summed E-state index contributed by atoms with van der Waals surface area (Å²) >= 11 is 0. The summed E-state index contributed by atoms with van der Waals surface area (Å²) in [4.78, 5) is 21.6. The highest BCUT2D eigenvalue weighted by molar-refractivity contribution is 4.40. The summed E-state index contributed by atoms with van der Waals surface area (Å²) in [6.45, 7) is 4.57. The second-order valence-electron chi connectivity index (χ2n) is 2.17. The molecule has 0 rings (SSSR count). The fourth-order valence-corrected chi connectivity index (χ4v) is 0.326. The van der Waals surface area contributed by atoms with E-state index in [0.717, 1.165) is 6.42 Å². The first-order valence-corrected chi connectivity index (χ1v) is 3.10. The van der Waals surface area contributed by atoms with Crippen LogP contribution < -0.4 is 0 Å². The van der Waals surface area contributed by atoms with Crippen molar-refractivity contribution in [2.75, 3.05) is 6.61 Å². The van der Waals surface area contributed by atoms with Crippen molar-refractivity contribution in [1.82, 2.24) is 0 Å². The van der Waals surface area contributed by atoms with Crippen LogP contribution in [-0.2, 0) is 4.84 Å². The van der Waals surface area contributed by atoms with Crippen molar-refractivity contribution in [3.8, 4) is 0 Å². The Labute approximate surface area is 64.4 Å². The van der Waals surface area contributed by atoms with Gasteiger partial charge in [0, 0.05) is 0 Å². The predicted molar refractivity (Wildman–Crippen MR) is 38.8 cm³/mol. The van der Waals surface area contributed by atoms with E-state index < -0.39 is 0 Å². The summed E-state index contributed by atoms with van der Waals surface area (Å²) in [5.41, 5.74) is 0. The molecule has 0 heterocycles. The highest BCUT2D eigenvalue weighted by Crippen LogP contribution is 1.98. The van der Waals surface area contributed by atoms with Gasteiger partial charge in [-0.1, -0.05) is 13.8 Å². The molecule has 0 aromatic rings. The van der Waals surface area contributed by atoms with Gasteiger partial charge in [-0.15, -0.1) is 9.81 Å². The summed E-state index contributed by atoms with van der Waals surface area (Å²) in [6.07, 6.45) is 0.895. The molecule has 66 valence electrons. The van der Waals surface area contributed by atoms with Gasteiger partial charge in [0.2, 0.25) is 0 Å². The van der Waals surface area contributed by atoms with Gasteiger partial charge in [0.1, 0.15) is 6.61 Å². The van der Waals surface area contributed by atoms with Crippen molar-refractivity contribution in [2.24, 2.45) is 16.6 Å². The van der Waals surface area contributed by atoms with Crippen molar-refractivity contribution in [3.05, 3.63) is 9.81 Å². The molecule has 0 fully saturated rings. The van der Waals surface area contributed by atoms with Crippen LogP contribution in [0.3, 0.4) is 0 Å². The zero-order valence-corrected chi connectivity index (χ0v) is 6.56. The van der Waals surface area contributed by atoms with E-state index in [1.165, 1.54) is 5.34 Å². The maximum Gasteiger partial charge on any atom is 0.155 e. The third-order valence-electron chi connectivity index (χ3n) is 0.839. The molecule has 0 aromatic carbocycles. The van der Waals surface area contributed by atoms with E-state index in [4.69, 9.17) is 10.1 Å². The molecule has 0 atom stereocenters. The minimum atomic E-state index is 0.446.